The van der Waals surface area contributed by atoms with Gasteiger partial charge in [0.15, 0.2) is 0 Å². The van der Waals surface area contributed by atoms with Crippen LogP contribution in [0.3, 0.4) is 0 Å². The van der Waals surface area contributed by atoms with Crippen molar-refractivity contribution in [2.75, 3.05) is 0 Å². The number of hydrogen-bond acceptors (Lipinski definition) is 3. The molecular formula is C26H23NO3. The molecule has 4 aromatic rings. The molecule has 2 N–H and O–H groups in total. The minimum Gasteiger partial charge on any atom is -0.508 e. The minimum atomic E-state index is -0.475. The van der Waals surface area contributed by atoms with Gasteiger partial charge in [-0.1, -0.05) is 72.8 Å². The van der Waals surface area contributed by atoms with E-state index < -0.39 is 6.04 Å². The van der Waals surface area contributed by atoms with Gasteiger partial charge >= 0.3 is 0 Å². The number of nitrogens with one attached hydrogen (secondary N) is 1. The Balaban J connectivity index is 1.65. The van der Waals surface area contributed by atoms with Crippen LogP contribution in [0.15, 0.2) is 91.0 Å². The number of ether oxygens (including phenoxy) is 1. The summed E-state index contributed by atoms with van der Waals surface area (Å²) in [5, 5.41) is 15.5. The Morgan fingerprint density at radius 3 is 2.33 bits per heavy atom. The molecule has 0 fully saturated rings. The SMILES string of the molecule is CC(=O)NC(c1ccc(OCc2ccccc2)cc1)c1c(O)ccc2ccccc12. The van der Waals surface area contributed by atoms with E-state index in [1.54, 1.807) is 6.07 Å². The number of carbonyl (C=O) groups is 1. The highest BCUT2D eigenvalue weighted by molar-refractivity contribution is 5.89. The lowest BCUT2D eigenvalue weighted by Crippen LogP contribution is -2.27. The van der Waals surface area contributed by atoms with Crippen LogP contribution in [0.5, 0.6) is 11.5 Å². The van der Waals surface area contributed by atoms with Gasteiger partial charge in [0, 0.05) is 12.5 Å². The van der Waals surface area contributed by atoms with Crippen LogP contribution in [0.2, 0.25) is 0 Å². The van der Waals surface area contributed by atoms with Crippen LogP contribution in [0, 0.1) is 0 Å². The minimum absolute atomic E-state index is 0.150. The summed E-state index contributed by atoms with van der Waals surface area (Å²) < 4.78 is 5.87. The fourth-order valence-corrected chi connectivity index (χ4v) is 3.61. The predicted molar refractivity (Wildman–Crippen MR) is 118 cm³/mol. The van der Waals surface area contributed by atoms with Crippen molar-refractivity contribution in [3.63, 3.8) is 0 Å². The highest BCUT2D eigenvalue weighted by Gasteiger charge is 2.21. The molecular weight excluding hydrogens is 374 g/mol. The summed E-state index contributed by atoms with van der Waals surface area (Å²) in [4.78, 5) is 12.0. The Hall–Kier alpha value is -3.79. The van der Waals surface area contributed by atoms with E-state index in [0.29, 0.717) is 12.2 Å². The lowest BCUT2D eigenvalue weighted by atomic mass is 9.92. The summed E-state index contributed by atoms with van der Waals surface area (Å²) in [6.45, 7) is 1.96. The molecule has 150 valence electrons. The van der Waals surface area contributed by atoms with E-state index in [-0.39, 0.29) is 11.7 Å². The number of carbonyl (C=O) groups excluding carboxylic acids is 1. The maximum atomic E-state index is 12.0. The Morgan fingerprint density at radius 1 is 0.900 bits per heavy atom. The molecule has 0 aliphatic rings. The van der Waals surface area contributed by atoms with Gasteiger partial charge in [-0.2, -0.15) is 0 Å². The van der Waals surface area contributed by atoms with Crippen molar-refractivity contribution in [2.24, 2.45) is 0 Å². The third-order valence-electron chi connectivity index (χ3n) is 5.05. The average molecular weight is 397 g/mol. The maximum Gasteiger partial charge on any atom is 0.217 e. The lowest BCUT2D eigenvalue weighted by molar-refractivity contribution is -0.119. The molecule has 0 radical (unpaired) electrons. The molecule has 1 unspecified atom stereocenters. The van der Waals surface area contributed by atoms with Crippen LogP contribution in [0.1, 0.15) is 29.7 Å². The largest absolute Gasteiger partial charge is 0.508 e. The van der Waals surface area contributed by atoms with Gasteiger partial charge < -0.3 is 15.2 Å². The summed E-state index contributed by atoms with van der Waals surface area (Å²) in [6, 6.07) is 28.5. The number of phenolic OH excluding ortho intramolecular Hbond substituents is 1. The van der Waals surface area contributed by atoms with Gasteiger partial charge in [-0.25, -0.2) is 0 Å². The first-order valence-corrected chi connectivity index (χ1v) is 9.86. The zero-order valence-electron chi connectivity index (χ0n) is 16.7. The Kier molecular flexibility index (Phi) is 5.66. The molecule has 0 bridgehead atoms. The second-order valence-electron chi connectivity index (χ2n) is 7.20. The van der Waals surface area contributed by atoms with Crippen LogP contribution in [0.25, 0.3) is 10.8 Å². The predicted octanol–water partition coefficient (Wildman–Crippen LogP) is 5.35. The van der Waals surface area contributed by atoms with E-state index >= 15 is 0 Å². The van der Waals surface area contributed by atoms with Crippen LogP contribution in [0.4, 0.5) is 0 Å². The number of aromatic hydroxyl groups is 1. The molecule has 0 saturated heterocycles. The number of benzene rings is 4. The summed E-state index contributed by atoms with van der Waals surface area (Å²) in [7, 11) is 0. The number of amides is 1. The topological polar surface area (TPSA) is 58.6 Å². The summed E-state index contributed by atoms with van der Waals surface area (Å²) >= 11 is 0. The zero-order valence-corrected chi connectivity index (χ0v) is 16.7. The molecule has 4 nitrogen and oxygen atoms in total. The summed E-state index contributed by atoms with van der Waals surface area (Å²) in [5.74, 6) is 0.722. The van der Waals surface area contributed by atoms with Crippen molar-refractivity contribution >= 4 is 16.7 Å². The molecule has 0 spiro atoms. The van der Waals surface area contributed by atoms with Crippen LogP contribution < -0.4 is 10.1 Å². The number of phenols is 1. The molecule has 1 amide bonds. The van der Waals surface area contributed by atoms with E-state index in [2.05, 4.69) is 5.32 Å². The quantitative estimate of drug-likeness (QED) is 0.461. The first kappa shape index (κ1) is 19.5. The van der Waals surface area contributed by atoms with E-state index in [1.165, 1.54) is 6.92 Å². The molecule has 4 rings (SSSR count). The van der Waals surface area contributed by atoms with Gasteiger partial charge in [0.25, 0.3) is 0 Å². The standard InChI is InChI=1S/C26H23NO3/c1-18(28)27-26(25-23-10-6-5-9-20(23)13-16-24(25)29)21-11-14-22(15-12-21)30-17-19-7-3-2-4-8-19/h2-16,26,29H,17H2,1H3,(H,27,28). The van der Waals surface area contributed by atoms with Crippen LogP contribution in [-0.2, 0) is 11.4 Å². The first-order chi connectivity index (χ1) is 14.6. The van der Waals surface area contributed by atoms with Gasteiger partial charge in [0.1, 0.15) is 18.1 Å². The van der Waals surface area contributed by atoms with Crippen LogP contribution >= 0.6 is 0 Å². The number of rotatable bonds is 6. The molecule has 30 heavy (non-hydrogen) atoms. The van der Waals surface area contributed by atoms with E-state index in [0.717, 1.165) is 27.6 Å². The van der Waals surface area contributed by atoms with Crippen molar-refractivity contribution in [2.45, 2.75) is 19.6 Å². The Bertz CT molecular complexity index is 1150. The molecule has 4 aromatic carbocycles. The maximum absolute atomic E-state index is 12.0. The van der Waals surface area contributed by atoms with Crippen molar-refractivity contribution in [1.82, 2.24) is 5.32 Å². The highest BCUT2D eigenvalue weighted by atomic mass is 16.5. The zero-order chi connectivity index (χ0) is 20.9. The van der Waals surface area contributed by atoms with E-state index in [4.69, 9.17) is 4.74 Å². The van der Waals surface area contributed by atoms with Gasteiger partial charge in [0.05, 0.1) is 6.04 Å². The second kappa shape index (κ2) is 8.70. The number of hydrogen-bond donors (Lipinski definition) is 2. The van der Waals surface area contributed by atoms with Gasteiger partial charge in [-0.15, -0.1) is 0 Å². The Morgan fingerprint density at radius 2 is 1.60 bits per heavy atom. The third kappa shape index (κ3) is 4.28. The number of fused-ring (bicyclic) bond motifs is 1. The fraction of sp³-hybridized carbons (Fsp3) is 0.115. The van der Waals surface area contributed by atoms with Crippen LogP contribution in [-0.4, -0.2) is 11.0 Å². The van der Waals surface area contributed by atoms with E-state index in [1.807, 2.05) is 84.9 Å². The smallest absolute Gasteiger partial charge is 0.217 e. The Labute approximate surface area is 175 Å². The van der Waals surface area contributed by atoms with E-state index in [9.17, 15) is 9.90 Å². The molecule has 4 heteroatoms. The van der Waals surface area contributed by atoms with Crippen molar-refractivity contribution in [1.29, 1.82) is 0 Å². The third-order valence-corrected chi connectivity index (χ3v) is 5.05. The highest BCUT2D eigenvalue weighted by Crippen LogP contribution is 2.36. The van der Waals surface area contributed by atoms with Crippen molar-refractivity contribution in [3.8, 4) is 11.5 Å². The fourth-order valence-electron chi connectivity index (χ4n) is 3.61. The van der Waals surface area contributed by atoms with Gasteiger partial charge in [-0.05, 0) is 40.1 Å². The van der Waals surface area contributed by atoms with Crippen molar-refractivity contribution < 1.29 is 14.6 Å². The molecule has 1 atom stereocenters. The molecule has 0 saturated carbocycles. The first-order valence-electron chi connectivity index (χ1n) is 9.86. The van der Waals surface area contributed by atoms with Crippen molar-refractivity contribution in [3.05, 3.63) is 108 Å². The summed E-state index contributed by atoms with van der Waals surface area (Å²) in [5.41, 5.74) is 2.64. The van der Waals surface area contributed by atoms with Gasteiger partial charge in [0.2, 0.25) is 5.91 Å². The monoisotopic (exact) mass is 397 g/mol. The molecule has 0 aromatic heterocycles. The summed E-state index contributed by atoms with van der Waals surface area (Å²) in [6.07, 6.45) is 0. The van der Waals surface area contributed by atoms with Gasteiger partial charge in [-0.3, -0.25) is 4.79 Å². The molecule has 0 aliphatic heterocycles. The normalized spacial score (nSPS) is 11.8. The second-order valence-corrected chi connectivity index (χ2v) is 7.20. The molecule has 0 aliphatic carbocycles. The molecule has 0 heterocycles. The lowest BCUT2D eigenvalue weighted by Gasteiger charge is -2.22. The average Bonchev–Trinajstić information content (AvgIpc) is 2.77.